The Morgan fingerprint density at radius 3 is 2.70 bits per heavy atom. The fourth-order valence-electron chi connectivity index (χ4n) is 3.71. The van der Waals surface area contributed by atoms with Gasteiger partial charge in [0.15, 0.2) is 16.3 Å². The molecule has 0 spiro atoms. The molecule has 0 saturated heterocycles. The van der Waals surface area contributed by atoms with Crippen molar-refractivity contribution in [2.24, 2.45) is 4.99 Å². The van der Waals surface area contributed by atoms with Gasteiger partial charge in [0.1, 0.15) is 6.04 Å². The van der Waals surface area contributed by atoms with Crippen LogP contribution in [0, 0.1) is 0 Å². The molecule has 3 heterocycles. The average Bonchev–Trinajstić information content (AvgIpc) is 3.43. The summed E-state index contributed by atoms with van der Waals surface area (Å²) >= 11 is 2.78. The van der Waals surface area contributed by atoms with Crippen molar-refractivity contribution in [1.29, 1.82) is 0 Å². The maximum atomic E-state index is 13.5. The molecule has 0 aliphatic carbocycles. The number of benzene rings is 1. The Labute approximate surface area is 198 Å². The molecule has 0 N–H and O–H groups in total. The summed E-state index contributed by atoms with van der Waals surface area (Å²) in [6.07, 6.45) is 1.80. The fourth-order valence-corrected chi connectivity index (χ4v) is 5.58. The highest BCUT2D eigenvalue weighted by Gasteiger charge is 2.33. The van der Waals surface area contributed by atoms with Crippen molar-refractivity contribution in [2.45, 2.75) is 26.8 Å². The molecule has 4 rings (SSSR count). The Morgan fingerprint density at radius 1 is 1.21 bits per heavy atom. The number of carbonyl (C=O) groups is 1. The number of carbonyl (C=O) groups excluding carboxylic acids is 1. The van der Waals surface area contributed by atoms with Crippen molar-refractivity contribution >= 4 is 34.7 Å². The molecule has 172 valence electrons. The van der Waals surface area contributed by atoms with E-state index < -0.39 is 12.0 Å². The van der Waals surface area contributed by atoms with Crippen molar-refractivity contribution < 1.29 is 19.0 Å². The number of hydrogen-bond acceptors (Lipinski definition) is 8. The van der Waals surface area contributed by atoms with E-state index in [9.17, 15) is 9.59 Å². The molecule has 33 heavy (non-hydrogen) atoms. The van der Waals surface area contributed by atoms with Gasteiger partial charge in [-0.25, -0.2) is 9.79 Å². The Morgan fingerprint density at radius 2 is 2.03 bits per heavy atom. The number of rotatable bonds is 7. The Bertz CT molecular complexity index is 1380. The zero-order valence-corrected chi connectivity index (χ0v) is 20.4. The molecule has 2 aromatic heterocycles. The van der Waals surface area contributed by atoms with E-state index in [-0.39, 0.29) is 12.2 Å². The minimum Gasteiger partial charge on any atom is -0.493 e. The number of fused-ring (bicyclic) bond motifs is 1. The Balaban J connectivity index is 1.87. The molecular weight excluding hydrogens is 460 g/mol. The van der Waals surface area contributed by atoms with E-state index in [2.05, 4.69) is 4.99 Å². The summed E-state index contributed by atoms with van der Waals surface area (Å²) in [6.45, 7) is 6.22. The molecule has 1 aliphatic rings. The maximum Gasteiger partial charge on any atom is 0.338 e. The zero-order valence-electron chi connectivity index (χ0n) is 18.8. The number of allylic oxidation sites excluding steroid dienone is 1. The van der Waals surface area contributed by atoms with Crippen LogP contribution in [0.1, 0.15) is 37.3 Å². The second-order valence-electron chi connectivity index (χ2n) is 7.16. The smallest absolute Gasteiger partial charge is 0.338 e. The van der Waals surface area contributed by atoms with Gasteiger partial charge in [-0.05, 0) is 56.0 Å². The lowest BCUT2D eigenvalue weighted by molar-refractivity contribution is -0.139. The minimum atomic E-state index is -0.572. The van der Waals surface area contributed by atoms with Crippen LogP contribution in [0.4, 0.5) is 0 Å². The molecule has 0 unspecified atom stereocenters. The monoisotopic (exact) mass is 484 g/mol. The maximum absolute atomic E-state index is 13.5. The van der Waals surface area contributed by atoms with E-state index in [0.717, 1.165) is 10.4 Å². The molecule has 1 atom stereocenters. The molecule has 0 bridgehead atoms. The van der Waals surface area contributed by atoms with Gasteiger partial charge in [-0.3, -0.25) is 9.36 Å². The van der Waals surface area contributed by atoms with Crippen molar-refractivity contribution in [3.05, 3.63) is 77.1 Å². The van der Waals surface area contributed by atoms with Crippen LogP contribution in [0.3, 0.4) is 0 Å². The summed E-state index contributed by atoms with van der Waals surface area (Å²) < 4.78 is 18.4. The number of hydrogen-bond donors (Lipinski definition) is 0. The number of aromatic nitrogens is 1. The van der Waals surface area contributed by atoms with E-state index in [0.29, 0.717) is 38.7 Å². The summed E-state index contributed by atoms with van der Waals surface area (Å²) in [4.78, 5) is 32.4. The van der Waals surface area contributed by atoms with E-state index in [1.807, 2.05) is 42.6 Å². The second-order valence-corrected chi connectivity index (χ2v) is 9.15. The predicted octanol–water partition coefficient (Wildman–Crippen LogP) is 3.27. The largest absolute Gasteiger partial charge is 0.493 e. The molecule has 9 heteroatoms. The minimum absolute atomic E-state index is 0.209. The Hall–Kier alpha value is -3.17. The van der Waals surface area contributed by atoms with Crippen LogP contribution in [-0.2, 0) is 9.53 Å². The van der Waals surface area contributed by atoms with E-state index >= 15 is 0 Å². The highest BCUT2D eigenvalue weighted by atomic mass is 32.1. The van der Waals surface area contributed by atoms with Crippen LogP contribution in [0.25, 0.3) is 6.08 Å². The summed E-state index contributed by atoms with van der Waals surface area (Å²) in [5.41, 5.74) is 1.54. The van der Waals surface area contributed by atoms with Crippen LogP contribution >= 0.6 is 22.7 Å². The van der Waals surface area contributed by atoms with Crippen molar-refractivity contribution in [1.82, 2.24) is 4.57 Å². The van der Waals surface area contributed by atoms with Gasteiger partial charge < -0.3 is 14.2 Å². The molecule has 1 aliphatic heterocycles. The zero-order chi connectivity index (χ0) is 23.5. The highest BCUT2D eigenvalue weighted by Crippen LogP contribution is 2.33. The number of nitrogens with zero attached hydrogens (tertiary/aromatic N) is 2. The number of thiazole rings is 1. The van der Waals surface area contributed by atoms with E-state index in [4.69, 9.17) is 14.2 Å². The Kier molecular flexibility index (Phi) is 6.80. The van der Waals surface area contributed by atoms with Gasteiger partial charge in [-0.2, -0.15) is 0 Å². The van der Waals surface area contributed by atoms with Gasteiger partial charge in [0.05, 0.1) is 36.1 Å². The van der Waals surface area contributed by atoms with Gasteiger partial charge >= 0.3 is 5.97 Å². The molecule has 1 aromatic carbocycles. The molecule has 0 saturated carbocycles. The quantitative estimate of drug-likeness (QED) is 0.481. The topological polar surface area (TPSA) is 79.1 Å². The van der Waals surface area contributed by atoms with Gasteiger partial charge in [0.2, 0.25) is 0 Å². The van der Waals surface area contributed by atoms with Crippen molar-refractivity contribution in [2.75, 3.05) is 20.3 Å². The first kappa shape index (κ1) is 23.0. The SMILES string of the molecule is CCOC(=O)C1=C(C)N=c2s/c(=C\c3ccc(OCC)c(OC)c3)c(=O)n2[C@@H]1c1cccs1. The van der Waals surface area contributed by atoms with Gasteiger partial charge in [0.25, 0.3) is 5.56 Å². The van der Waals surface area contributed by atoms with Crippen LogP contribution < -0.4 is 24.4 Å². The van der Waals surface area contributed by atoms with Gasteiger partial charge in [-0.1, -0.05) is 23.5 Å². The van der Waals surface area contributed by atoms with Crippen LogP contribution in [0.2, 0.25) is 0 Å². The molecule has 7 nitrogen and oxygen atoms in total. The summed E-state index contributed by atoms with van der Waals surface area (Å²) in [5, 5.41) is 1.93. The van der Waals surface area contributed by atoms with Crippen molar-refractivity contribution in [3.63, 3.8) is 0 Å². The lowest BCUT2D eigenvalue weighted by atomic mass is 10.0. The molecule has 3 aromatic rings. The summed E-state index contributed by atoms with van der Waals surface area (Å²) in [5.74, 6) is 0.781. The number of thiophene rings is 1. The third-order valence-corrected chi connectivity index (χ3v) is 7.02. The van der Waals surface area contributed by atoms with Crippen LogP contribution in [-0.4, -0.2) is 30.9 Å². The summed E-state index contributed by atoms with van der Waals surface area (Å²) in [6, 6.07) is 8.77. The van der Waals surface area contributed by atoms with E-state index in [1.165, 1.54) is 22.7 Å². The standard InChI is InChI=1S/C24H24N2O5S2/c1-5-30-16-10-9-15(12-17(16)29-4)13-19-22(27)26-21(18-8-7-11-32-18)20(23(28)31-6-2)14(3)25-24(26)33-19/h7-13,21H,5-6H2,1-4H3/b19-13-/t21-/m1/s1. The van der Waals surface area contributed by atoms with Gasteiger partial charge in [0, 0.05) is 4.88 Å². The first-order chi connectivity index (χ1) is 16.0. The fraction of sp³-hybridized carbons (Fsp3) is 0.292. The number of esters is 1. The average molecular weight is 485 g/mol. The lowest BCUT2D eigenvalue weighted by Gasteiger charge is -2.23. The normalized spacial score (nSPS) is 15.8. The molecule has 0 amide bonds. The van der Waals surface area contributed by atoms with Crippen LogP contribution in [0.5, 0.6) is 11.5 Å². The highest BCUT2D eigenvalue weighted by molar-refractivity contribution is 7.10. The van der Waals surface area contributed by atoms with E-state index in [1.54, 1.807) is 31.6 Å². The molecular formula is C24H24N2O5S2. The number of methoxy groups -OCH3 is 1. The first-order valence-electron chi connectivity index (χ1n) is 10.5. The predicted molar refractivity (Wildman–Crippen MR) is 129 cm³/mol. The van der Waals surface area contributed by atoms with Crippen molar-refractivity contribution in [3.8, 4) is 11.5 Å². The summed E-state index contributed by atoms with van der Waals surface area (Å²) in [7, 11) is 1.58. The number of ether oxygens (including phenoxy) is 3. The molecule has 0 radical (unpaired) electrons. The van der Waals surface area contributed by atoms with Crippen LogP contribution in [0.15, 0.2) is 56.8 Å². The lowest BCUT2D eigenvalue weighted by Crippen LogP contribution is -2.39. The second kappa shape index (κ2) is 9.76. The van der Waals surface area contributed by atoms with Gasteiger partial charge in [-0.15, -0.1) is 11.3 Å². The molecule has 0 fully saturated rings. The first-order valence-corrected chi connectivity index (χ1v) is 12.2. The third-order valence-electron chi connectivity index (χ3n) is 5.11. The third kappa shape index (κ3) is 4.38.